The third-order valence-corrected chi connectivity index (χ3v) is 4.71. The predicted octanol–water partition coefficient (Wildman–Crippen LogP) is 4.72. The maximum Gasteiger partial charge on any atom is 0.277 e. The quantitative estimate of drug-likeness (QED) is 0.340. The number of halogens is 1. The maximum absolute atomic E-state index is 12.1. The van der Waals surface area contributed by atoms with Gasteiger partial charge < -0.3 is 4.74 Å². The molecule has 0 aliphatic carbocycles. The summed E-state index contributed by atoms with van der Waals surface area (Å²) in [7, 11) is 0. The highest BCUT2D eigenvalue weighted by molar-refractivity contribution is 6.32. The van der Waals surface area contributed by atoms with Gasteiger partial charge in [-0.2, -0.15) is 10.2 Å². The average molecular weight is 431 g/mol. The zero-order valence-corrected chi connectivity index (χ0v) is 17.2. The van der Waals surface area contributed by atoms with E-state index in [-0.39, 0.29) is 6.61 Å². The van der Waals surface area contributed by atoms with Gasteiger partial charge in [-0.15, -0.1) is 0 Å². The van der Waals surface area contributed by atoms with Crippen molar-refractivity contribution in [3.05, 3.63) is 102 Å². The molecule has 0 unspecified atom stereocenters. The highest BCUT2D eigenvalue weighted by Gasteiger charge is 2.11. The SMILES string of the molecule is O=C(COc1ccccc1Cl)N/N=C\c1cn(-c2ccccc2)nc1-c1ccccc1. The number of hydrogen-bond donors (Lipinski definition) is 1. The molecule has 0 atom stereocenters. The number of hydrogen-bond acceptors (Lipinski definition) is 4. The summed E-state index contributed by atoms with van der Waals surface area (Å²) in [5.41, 5.74) is 5.88. The predicted molar refractivity (Wildman–Crippen MR) is 122 cm³/mol. The van der Waals surface area contributed by atoms with E-state index < -0.39 is 5.91 Å². The van der Waals surface area contributed by atoms with E-state index in [1.54, 1.807) is 35.2 Å². The highest BCUT2D eigenvalue weighted by atomic mass is 35.5. The third-order valence-electron chi connectivity index (χ3n) is 4.40. The number of nitrogens with one attached hydrogen (secondary N) is 1. The number of ether oxygens (including phenoxy) is 1. The Balaban J connectivity index is 1.49. The van der Waals surface area contributed by atoms with Crippen LogP contribution in [0.5, 0.6) is 5.75 Å². The zero-order valence-electron chi connectivity index (χ0n) is 16.5. The van der Waals surface area contributed by atoms with Gasteiger partial charge in [0.05, 0.1) is 16.9 Å². The van der Waals surface area contributed by atoms with Crippen molar-refractivity contribution in [3.8, 4) is 22.7 Å². The smallest absolute Gasteiger partial charge is 0.277 e. The Morgan fingerprint density at radius 1 is 1.00 bits per heavy atom. The highest BCUT2D eigenvalue weighted by Crippen LogP contribution is 2.23. The van der Waals surface area contributed by atoms with E-state index in [1.807, 2.05) is 66.9 Å². The molecule has 0 aliphatic heterocycles. The van der Waals surface area contributed by atoms with Crippen LogP contribution in [0.15, 0.2) is 96.2 Å². The second-order valence-electron chi connectivity index (χ2n) is 6.59. The lowest BCUT2D eigenvalue weighted by molar-refractivity contribution is -0.123. The van der Waals surface area contributed by atoms with Gasteiger partial charge >= 0.3 is 0 Å². The van der Waals surface area contributed by atoms with E-state index in [1.165, 1.54) is 0 Å². The first-order valence-corrected chi connectivity index (χ1v) is 9.98. The summed E-state index contributed by atoms with van der Waals surface area (Å²) in [5, 5.41) is 9.23. The molecule has 0 radical (unpaired) electrons. The molecule has 7 heteroatoms. The molecule has 4 aromatic rings. The number of amides is 1. The molecule has 0 saturated heterocycles. The number of aromatic nitrogens is 2. The molecule has 3 aromatic carbocycles. The minimum absolute atomic E-state index is 0.199. The Morgan fingerprint density at radius 3 is 2.42 bits per heavy atom. The molecule has 0 saturated carbocycles. The van der Waals surface area contributed by atoms with Crippen LogP contribution in [0.2, 0.25) is 5.02 Å². The summed E-state index contributed by atoms with van der Waals surface area (Å²) >= 11 is 6.02. The summed E-state index contributed by atoms with van der Waals surface area (Å²) < 4.78 is 7.21. The van der Waals surface area contributed by atoms with E-state index >= 15 is 0 Å². The number of carbonyl (C=O) groups is 1. The van der Waals surface area contributed by atoms with Crippen LogP contribution in [0, 0.1) is 0 Å². The molecule has 0 bridgehead atoms. The largest absolute Gasteiger partial charge is 0.482 e. The van der Waals surface area contributed by atoms with Crippen LogP contribution in [0.1, 0.15) is 5.56 Å². The van der Waals surface area contributed by atoms with Crippen LogP contribution in [-0.2, 0) is 4.79 Å². The Bertz CT molecular complexity index is 1190. The second kappa shape index (κ2) is 9.73. The number of benzene rings is 3. The Hall–Kier alpha value is -3.90. The molecule has 0 spiro atoms. The topological polar surface area (TPSA) is 68.5 Å². The maximum atomic E-state index is 12.1. The Kier molecular flexibility index (Phi) is 6.40. The molecule has 31 heavy (non-hydrogen) atoms. The number of nitrogens with zero attached hydrogens (tertiary/aromatic N) is 3. The molecule has 154 valence electrons. The van der Waals surface area contributed by atoms with Gasteiger partial charge in [-0.05, 0) is 24.3 Å². The van der Waals surface area contributed by atoms with Crippen molar-refractivity contribution in [3.63, 3.8) is 0 Å². The van der Waals surface area contributed by atoms with Gasteiger partial charge in [0.15, 0.2) is 6.61 Å². The van der Waals surface area contributed by atoms with E-state index in [0.717, 1.165) is 22.5 Å². The van der Waals surface area contributed by atoms with E-state index in [4.69, 9.17) is 21.4 Å². The van der Waals surface area contributed by atoms with Crippen molar-refractivity contribution in [1.82, 2.24) is 15.2 Å². The lowest BCUT2D eigenvalue weighted by Crippen LogP contribution is -2.24. The number of para-hydroxylation sites is 2. The van der Waals surface area contributed by atoms with E-state index in [9.17, 15) is 4.79 Å². The minimum atomic E-state index is -0.395. The number of hydrazone groups is 1. The minimum Gasteiger partial charge on any atom is -0.482 e. The first-order valence-electron chi connectivity index (χ1n) is 9.60. The molecular weight excluding hydrogens is 412 g/mol. The van der Waals surface area contributed by atoms with E-state index in [0.29, 0.717) is 10.8 Å². The summed E-state index contributed by atoms with van der Waals surface area (Å²) in [5.74, 6) is 0.0479. The second-order valence-corrected chi connectivity index (χ2v) is 7.00. The third kappa shape index (κ3) is 5.18. The van der Waals surface area contributed by atoms with Gasteiger partial charge in [-0.1, -0.05) is 72.3 Å². The number of carbonyl (C=O) groups excluding carboxylic acids is 1. The van der Waals surface area contributed by atoms with Crippen molar-refractivity contribution >= 4 is 23.7 Å². The molecule has 1 aromatic heterocycles. The summed E-state index contributed by atoms with van der Waals surface area (Å²) in [4.78, 5) is 12.1. The lowest BCUT2D eigenvalue weighted by Gasteiger charge is -2.06. The Morgan fingerprint density at radius 2 is 1.68 bits per heavy atom. The fraction of sp³-hybridized carbons (Fsp3) is 0.0417. The molecular formula is C24H19ClN4O2. The number of rotatable bonds is 7. The molecule has 4 rings (SSSR count). The molecule has 0 fully saturated rings. The van der Waals surface area contributed by atoms with Crippen LogP contribution in [0.4, 0.5) is 0 Å². The molecule has 6 nitrogen and oxygen atoms in total. The zero-order chi connectivity index (χ0) is 21.5. The summed E-state index contributed by atoms with van der Waals surface area (Å²) in [6.07, 6.45) is 3.44. The average Bonchev–Trinajstić information content (AvgIpc) is 3.24. The van der Waals surface area contributed by atoms with Gasteiger partial charge in [0.2, 0.25) is 0 Å². The van der Waals surface area contributed by atoms with Crippen molar-refractivity contribution < 1.29 is 9.53 Å². The van der Waals surface area contributed by atoms with Crippen LogP contribution < -0.4 is 10.2 Å². The molecule has 1 amide bonds. The van der Waals surface area contributed by atoms with Crippen molar-refractivity contribution in [2.75, 3.05) is 6.61 Å². The van der Waals surface area contributed by atoms with Crippen LogP contribution in [0.3, 0.4) is 0 Å². The van der Waals surface area contributed by atoms with Gasteiger partial charge in [0.25, 0.3) is 5.91 Å². The molecule has 1 heterocycles. The van der Waals surface area contributed by atoms with Crippen LogP contribution in [-0.4, -0.2) is 28.5 Å². The Labute approximate surface area is 184 Å². The van der Waals surface area contributed by atoms with E-state index in [2.05, 4.69) is 10.5 Å². The van der Waals surface area contributed by atoms with Gasteiger partial charge in [0, 0.05) is 17.3 Å². The van der Waals surface area contributed by atoms with Gasteiger partial charge in [-0.3, -0.25) is 4.79 Å². The fourth-order valence-corrected chi connectivity index (χ4v) is 3.12. The van der Waals surface area contributed by atoms with Gasteiger partial charge in [0.1, 0.15) is 11.4 Å². The van der Waals surface area contributed by atoms with Crippen molar-refractivity contribution in [1.29, 1.82) is 0 Å². The van der Waals surface area contributed by atoms with Gasteiger partial charge in [-0.25, -0.2) is 10.1 Å². The fourth-order valence-electron chi connectivity index (χ4n) is 2.93. The lowest BCUT2D eigenvalue weighted by atomic mass is 10.1. The summed E-state index contributed by atoms with van der Waals surface area (Å²) in [6.45, 7) is -0.199. The first kappa shape index (κ1) is 20.4. The van der Waals surface area contributed by atoms with Crippen molar-refractivity contribution in [2.24, 2.45) is 5.10 Å². The standard InChI is InChI=1S/C24H19ClN4O2/c25-21-13-7-8-14-22(21)31-17-23(30)27-26-15-19-16-29(20-11-5-2-6-12-20)28-24(19)18-9-3-1-4-10-18/h1-16H,17H2,(H,27,30)/b26-15-. The molecule has 1 N–H and O–H groups in total. The normalized spacial score (nSPS) is 10.9. The molecule has 0 aliphatic rings. The van der Waals surface area contributed by atoms with Crippen LogP contribution in [0.25, 0.3) is 16.9 Å². The van der Waals surface area contributed by atoms with Crippen LogP contribution >= 0.6 is 11.6 Å². The first-order chi connectivity index (χ1) is 15.2. The monoisotopic (exact) mass is 430 g/mol. The summed E-state index contributed by atoms with van der Waals surface area (Å²) in [6, 6.07) is 26.6. The van der Waals surface area contributed by atoms with Crippen molar-refractivity contribution in [2.45, 2.75) is 0 Å².